The molecule has 6 nitrogen and oxygen atoms in total. The Labute approximate surface area is 142 Å². The lowest BCUT2D eigenvalue weighted by Crippen LogP contribution is -2.51. The van der Waals surface area contributed by atoms with E-state index in [-0.39, 0.29) is 18.1 Å². The second-order valence-corrected chi connectivity index (χ2v) is 8.34. The van der Waals surface area contributed by atoms with Gasteiger partial charge in [0.1, 0.15) is 0 Å². The summed E-state index contributed by atoms with van der Waals surface area (Å²) in [7, 11) is -2.99. The zero-order valence-electron chi connectivity index (χ0n) is 13.3. The second-order valence-electron chi connectivity index (χ2n) is 5.43. The molecule has 1 aromatic carbocycles. The van der Waals surface area contributed by atoms with Gasteiger partial charge in [-0.3, -0.25) is 4.99 Å². The standard InChI is InChI=1S/C15H23ClN4O2S/c1-2-23(21,22)12-7-18-15(17)20-10-8-19(9-11-20)14-5-3-13(16)4-6-14/h3-6H,2,7-12H2,1H3,(H2,17,18). The van der Waals surface area contributed by atoms with Gasteiger partial charge in [-0.05, 0) is 24.3 Å². The van der Waals surface area contributed by atoms with Crippen molar-refractivity contribution in [1.29, 1.82) is 0 Å². The summed E-state index contributed by atoms with van der Waals surface area (Å²) >= 11 is 5.90. The van der Waals surface area contributed by atoms with Crippen molar-refractivity contribution >= 4 is 33.1 Å². The molecule has 0 atom stereocenters. The molecule has 0 aromatic heterocycles. The Morgan fingerprint density at radius 3 is 2.39 bits per heavy atom. The number of nitrogens with two attached hydrogens (primary N) is 1. The molecule has 1 aliphatic rings. The first-order chi connectivity index (χ1) is 10.9. The molecule has 1 aliphatic heterocycles. The van der Waals surface area contributed by atoms with E-state index in [0.29, 0.717) is 5.96 Å². The summed E-state index contributed by atoms with van der Waals surface area (Å²) in [6.07, 6.45) is 0. The van der Waals surface area contributed by atoms with Gasteiger partial charge in [0.15, 0.2) is 15.8 Å². The lowest BCUT2D eigenvalue weighted by molar-refractivity contribution is 0.381. The van der Waals surface area contributed by atoms with Gasteiger partial charge in [0.2, 0.25) is 0 Å². The maximum Gasteiger partial charge on any atom is 0.191 e. The molecule has 128 valence electrons. The summed E-state index contributed by atoms with van der Waals surface area (Å²) in [5.41, 5.74) is 7.11. The molecule has 0 amide bonds. The number of guanidine groups is 1. The summed E-state index contributed by atoms with van der Waals surface area (Å²) in [5.74, 6) is 0.615. The third kappa shape index (κ3) is 5.28. The lowest BCUT2D eigenvalue weighted by atomic mass is 10.2. The number of sulfone groups is 1. The average molecular weight is 359 g/mol. The Kier molecular flexibility index (Phi) is 6.12. The highest BCUT2D eigenvalue weighted by Crippen LogP contribution is 2.19. The quantitative estimate of drug-likeness (QED) is 0.632. The fourth-order valence-corrected chi connectivity index (χ4v) is 3.17. The molecular weight excluding hydrogens is 336 g/mol. The van der Waals surface area contributed by atoms with Gasteiger partial charge in [0.25, 0.3) is 0 Å². The van der Waals surface area contributed by atoms with Crippen molar-refractivity contribution in [2.24, 2.45) is 10.7 Å². The van der Waals surface area contributed by atoms with Gasteiger partial charge in [0.05, 0.1) is 12.3 Å². The zero-order valence-corrected chi connectivity index (χ0v) is 14.9. The van der Waals surface area contributed by atoms with Crippen LogP contribution in [-0.2, 0) is 9.84 Å². The van der Waals surface area contributed by atoms with E-state index in [4.69, 9.17) is 17.3 Å². The number of anilines is 1. The molecule has 1 saturated heterocycles. The number of halogens is 1. The molecule has 0 saturated carbocycles. The molecule has 0 spiro atoms. The summed E-state index contributed by atoms with van der Waals surface area (Å²) in [5, 5.41) is 0.728. The monoisotopic (exact) mass is 358 g/mol. The largest absolute Gasteiger partial charge is 0.370 e. The highest BCUT2D eigenvalue weighted by Gasteiger charge is 2.18. The number of benzene rings is 1. The van der Waals surface area contributed by atoms with Gasteiger partial charge in [-0.2, -0.15) is 0 Å². The maximum absolute atomic E-state index is 11.4. The van der Waals surface area contributed by atoms with Crippen molar-refractivity contribution in [2.45, 2.75) is 6.92 Å². The van der Waals surface area contributed by atoms with Crippen LogP contribution in [0.3, 0.4) is 0 Å². The molecule has 0 bridgehead atoms. The van der Waals surface area contributed by atoms with Crippen molar-refractivity contribution in [3.63, 3.8) is 0 Å². The van der Waals surface area contributed by atoms with Crippen LogP contribution in [0.2, 0.25) is 5.02 Å². The minimum Gasteiger partial charge on any atom is -0.370 e. The highest BCUT2D eigenvalue weighted by molar-refractivity contribution is 7.91. The molecule has 0 unspecified atom stereocenters. The summed E-state index contributed by atoms with van der Waals surface area (Å²) in [6, 6.07) is 7.77. The van der Waals surface area contributed by atoms with Crippen LogP contribution in [0, 0.1) is 0 Å². The average Bonchev–Trinajstić information content (AvgIpc) is 2.55. The maximum atomic E-state index is 11.4. The Bertz CT molecular complexity index is 638. The Balaban J connectivity index is 1.84. The predicted octanol–water partition coefficient (Wildman–Crippen LogP) is 1.21. The number of nitrogens with zero attached hydrogens (tertiary/aromatic N) is 3. The van der Waals surface area contributed by atoms with Crippen LogP contribution in [0.5, 0.6) is 0 Å². The van der Waals surface area contributed by atoms with Crippen LogP contribution in [-0.4, -0.2) is 63.5 Å². The second kappa shape index (κ2) is 7.88. The number of piperazine rings is 1. The van der Waals surface area contributed by atoms with Crippen LogP contribution in [0.25, 0.3) is 0 Å². The van der Waals surface area contributed by atoms with Gasteiger partial charge < -0.3 is 15.5 Å². The topological polar surface area (TPSA) is 79.0 Å². The van der Waals surface area contributed by atoms with Gasteiger partial charge >= 0.3 is 0 Å². The van der Waals surface area contributed by atoms with E-state index in [1.165, 1.54) is 0 Å². The van der Waals surface area contributed by atoms with Crippen LogP contribution in [0.15, 0.2) is 29.3 Å². The number of hydrogen-bond acceptors (Lipinski definition) is 4. The zero-order chi connectivity index (χ0) is 16.9. The first kappa shape index (κ1) is 17.9. The minimum absolute atomic E-state index is 0.0505. The van der Waals surface area contributed by atoms with Gasteiger partial charge in [-0.25, -0.2) is 8.42 Å². The third-order valence-electron chi connectivity index (χ3n) is 3.91. The third-order valence-corrected chi connectivity index (χ3v) is 5.85. The molecule has 1 heterocycles. The van der Waals surface area contributed by atoms with Gasteiger partial charge in [0, 0.05) is 42.6 Å². The SMILES string of the molecule is CCS(=O)(=O)CCN=C(N)N1CCN(c2ccc(Cl)cc2)CC1. The molecule has 0 aliphatic carbocycles. The van der Waals surface area contributed by atoms with Crippen molar-refractivity contribution in [1.82, 2.24) is 4.90 Å². The Morgan fingerprint density at radius 2 is 1.83 bits per heavy atom. The molecule has 2 N–H and O–H groups in total. The minimum atomic E-state index is -2.99. The fraction of sp³-hybridized carbons (Fsp3) is 0.533. The predicted molar refractivity (Wildman–Crippen MR) is 96.1 cm³/mol. The lowest BCUT2D eigenvalue weighted by Gasteiger charge is -2.36. The summed E-state index contributed by atoms with van der Waals surface area (Å²) < 4.78 is 22.9. The van der Waals surface area contributed by atoms with Crippen molar-refractivity contribution in [2.75, 3.05) is 49.1 Å². The molecule has 1 fully saturated rings. The van der Waals surface area contributed by atoms with Crippen LogP contribution in [0.4, 0.5) is 5.69 Å². The van der Waals surface area contributed by atoms with E-state index < -0.39 is 9.84 Å². The normalized spacial score (nSPS) is 16.7. The van der Waals surface area contributed by atoms with Crippen molar-refractivity contribution in [3.8, 4) is 0 Å². The summed E-state index contributed by atoms with van der Waals surface area (Å²) in [4.78, 5) is 8.45. The highest BCUT2D eigenvalue weighted by atomic mass is 35.5. The fourth-order valence-electron chi connectivity index (χ4n) is 2.39. The van der Waals surface area contributed by atoms with E-state index in [1.54, 1.807) is 6.92 Å². The molecular formula is C15H23ClN4O2S. The van der Waals surface area contributed by atoms with Gasteiger partial charge in [-0.1, -0.05) is 18.5 Å². The van der Waals surface area contributed by atoms with Crippen LogP contribution >= 0.6 is 11.6 Å². The Hall–Kier alpha value is -1.47. The Morgan fingerprint density at radius 1 is 1.22 bits per heavy atom. The number of hydrogen-bond donors (Lipinski definition) is 1. The number of rotatable bonds is 5. The van der Waals surface area contributed by atoms with Gasteiger partial charge in [-0.15, -0.1) is 0 Å². The molecule has 0 radical (unpaired) electrons. The molecule has 23 heavy (non-hydrogen) atoms. The molecule has 2 rings (SSSR count). The van der Waals surface area contributed by atoms with Crippen molar-refractivity contribution < 1.29 is 8.42 Å². The van der Waals surface area contributed by atoms with E-state index in [0.717, 1.165) is 36.9 Å². The first-order valence-corrected chi connectivity index (χ1v) is 9.87. The van der Waals surface area contributed by atoms with E-state index >= 15 is 0 Å². The van der Waals surface area contributed by atoms with Crippen LogP contribution in [0.1, 0.15) is 6.92 Å². The molecule has 1 aromatic rings. The molecule has 8 heteroatoms. The van der Waals surface area contributed by atoms with E-state index in [9.17, 15) is 8.42 Å². The summed E-state index contributed by atoms with van der Waals surface area (Å²) in [6.45, 7) is 5.06. The number of aliphatic imine (C=N–C) groups is 1. The van der Waals surface area contributed by atoms with E-state index in [2.05, 4.69) is 9.89 Å². The van der Waals surface area contributed by atoms with E-state index in [1.807, 2.05) is 29.2 Å². The smallest absolute Gasteiger partial charge is 0.191 e. The first-order valence-electron chi connectivity index (χ1n) is 7.67. The van der Waals surface area contributed by atoms with Crippen molar-refractivity contribution in [3.05, 3.63) is 29.3 Å². The van der Waals surface area contributed by atoms with Crippen LogP contribution < -0.4 is 10.6 Å².